The molecule has 1 aromatic rings. The van der Waals surface area contributed by atoms with Gasteiger partial charge >= 0.3 is 0 Å². The van der Waals surface area contributed by atoms with Crippen LogP contribution >= 0.6 is 11.3 Å². The van der Waals surface area contributed by atoms with Crippen LogP contribution in [-0.4, -0.2) is 40.8 Å². The number of carbonyl (C=O) groups excluding carboxylic acids is 2. The van der Waals surface area contributed by atoms with Crippen molar-refractivity contribution in [3.05, 3.63) is 15.6 Å². The smallest absolute Gasteiger partial charge is 0.265 e. The van der Waals surface area contributed by atoms with Crippen LogP contribution in [0.1, 0.15) is 65.8 Å². The lowest BCUT2D eigenvalue weighted by Gasteiger charge is -2.39. The number of piperidine rings is 1. The molecule has 6 heteroatoms. The molecule has 3 rings (SSSR count). The Labute approximate surface area is 147 Å². The second kappa shape index (κ2) is 6.82. The largest absolute Gasteiger partial charge is 0.353 e. The number of rotatable bonds is 3. The molecule has 1 aromatic heterocycles. The van der Waals surface area contributed by atoms with Gasteiger partial charge in [-0.2, -0.15) is 0 Å². The fourth-order valence-corrected chi connectivity index (χ4v) is 4.79. The van der Waals surface area contributed by atoms with Crippen molar-refractivity contribution in [2.24, 2.45) is 5.41 Å². The standard InChI is InChI=1S/C18H27N3O2S/c1-12-15(24-13(2)19-12)16(22)21-10-6-9-18(3,11-21)17(23)20-14-7-4-5-8-14/h14H,4-11H2,1-3H3,(H,20,23). The van der Waals surface area contributed by atoms with E-state index in [9.17, 15) is 9.59 Å². The number of hydrogen-bond donors (Lipinski definition) is 1. The fraction of sp³-hybridized carbons (Fsp3) is 0.722. The second-order valence-electron chi connectivity index (χ2n) is 7.49. The molecule has 0 bridgehead atoms. The molecule has 0 aromatic carbocycles. The third-order valence-corrected chi connectivity index (χ3v) is 6.38. The van der Waals surface area contributed by atoms with E-state index in [1.807, 2.05) is 25.7 Å². The highest BCUT2D eigenvalue weighted by atomic mass is 32.1. The van der Waals surface area contributed by atoms with Crippen LogP contribution in [0.25, 0.3) is 0 Å². The third-order valence-electron chi connectivity index (χ3n) is 5.32. The second-order valence-corrected chi connectivity index (χ2v) is 8.70. The first-order valence-corrected chi connectivity index (χ1v) is 9.75. The Bertz CT molecular complexity index is 636. The summed E-state index contributed by atoms with van der Waals surface area (Å²) < 4.78 is 0. The van der Waals surface area contributed by atoms with E-state index >= 15 is 0 Å². The first-order valence-electron chi connectivity index (χ1n) is 8.93. The number of hydrogen-bond acceptors (Lipinski definition) is 4. The average Bonchev–Trinajstić information content (AvgIpc) is 3.16. The van der Waals surface area contributed by atoms with Crippen LogP contribution in [0.5, 0.6) is 0 Å². The van der Waals surface area contributed by atoms with Crippen molar-refractivity contribution >= 4 is 23.2 Å². The van der Waals surface area contributed by atoms with Gasteiger partial charge < -0.3 is 10.2 Å². The summed E-state index contributed by atoms with van der Waals surface area (Å²) in [5.74, 6) is 0.141. The summed E-state index contributed by atoms with van der Waals surface area (Å²) >= 11 is 1.45. The average molecular weight is 350 g/mol. The Morgan fingerprint density at radius 1 is 1.25 bits per heavy atom. The van der Waals surface area contributed by atoms with E-state index in [-0.39, 0.29) is 11.8 Å². The summed E-state index contributed by atoms with van der Waals surface area (Å²) in [7, 11) is 0. The number of carbonyl (C=O) groups is 2. The molecule has 2 aliphatic rings. The van der Waals surface area contributed by atoms with Gasteiger partial charge in [-0.15, -0.1) is 11.3 Å². The van der Waals surface area contributed by atoms with Crippen LogP contribution in [0, 0.1) is 19.3 Å². The van der Waals surface area contributed by atoms with Crippen molar-refractivity contribution in [2.75, 3.05) is 13.1 Å². The van der Waals surface area contributed by atoms with Gasteiger partial charge in [-0.3, -0.25) is 9.59 Å². The highest BCUT2D eigenvalue weighted by Crippen LogP contribution is 2.32. The van der Waals surface area contributed by atoms with Crippen molar-refractivity contribution in [3.63, 3.8) is 0 Å². The molecule has 1 saturated carbocycles. The van der Waals surface area contributed by atoms with Gasteiger partial charge in [0.25, 0.3) is 5.91 Å². The van der Waals surface area contributed by atoms with Gasteiger partial charge in [-0.25, -0.2) is 4.98 Å². The summed E-state index contributed by atoms with van der Waals surface area (Å²) in [6.45, 7) is 7.03. The van der Waals surface area contributed by atoms with Gasteiger partial charge in [-0.05, 0) is 46.5 Å². The minimum atomic E-state index is -0.482. The molecule has 1 unspecified atom stereocenters. The van der Waals surface area contributed by atoms with Crippen molar-refractivity contribution < 1.29 is 9.59 Å². The quantitative estimate of drug-likeness (QED) is 0.912. The van der Waals surface area contributed by atoms with Crippen LogP contribution in [0.2, 0.25) is 0 Å². The molecular weight excluding hydrogens is 322 g/mol. The maximum Gasteiger partial charge on any atom is 0.265 e. The monoisotopic (exact) mass is 349 g/mol. The molecule has 1 atom stereocenters. The van der Waals surface area contributed by atoms with Crippen molar-refractivity contribution in [1.82, 2.24) is 15.2 Å². The molecule has 1 saturated heterocycles. The van der Waals surface area contributed by atoms with Gasteiger partial charge in [0.15, 0.2) is 0 Å². The van der Waals surface area contributed by atoms with Crippen LogP contribution in [0.3, 0.4) is 0 Å². The van der Waals surface area contributed by atoms with E-state index < -0.39 is 5.41 Å². The number of likely N-dealkylation sites (tertiary alicyclic amines) is 1. The van der Waals surface area contributed by atoms with E-state index in [1.54, 1.807) is 0 Å². The van der Waals surface area contributed by atoms with Crippen molar-refractivity contribution in [3.8, 4) is 0 Å². The number of thiazole rings is 1. The molecule has 2 heterocycles. The van der Waals surface area contributed by atoms with E-state index in [1.165, 1.54) is 24.2 Å². The number of aryl methyl sites for hydroxylation is 2. The van der Waals surface area contributed by atoms with E-state index in [4.69, 9.17) is 0 Å². The molecule has 0 spiro atoms. The van der Waals surface area contributed by atoms with Crippen LogP contribution in [0.15, 0.2) is 0 Å². The molecule has 2 fully saturated rings. The summed E-state index contributed by atoms with van der Waals surface area (Å²) in [6, 6.07) is 0.326. The van der Waals surface area contributed by atoms with E-state index in [2.05, 4.69) is 10.3 Å². The predicted molar refractivity (Wildman–Crippen MR) is 95.2 cm³/mol. The molecule has 132 valence electrons. The van der Waals surface area contributed by atoms with E-state index in [0.29, 0.717) is 17.5 Å². The Morgan fingerprint density at radius 3 is 2.58 bits per heavy atom. The number of nitrogens with one attached hydrogen (secondary N) is 1. The first kappa shape index (κ1) is 17.4. The van der Waals surface area contributed by atoms with Crippen LogP contribution < -0.4 is 5.32 Å². The lowest BCUT2D eigenvalue weighted by Crippen LogP contribution is -2.53. The maximum absolute atomic E-state index is 12.9. The zero-order valence-corrected chi connectivity index (χ0v) is 15.7. The van der Waals surface area contributed by atoms with Crippen LogP contribution in [-0.2, 0) is 4.79 Å². The lowest BCUT2D eigenvalue weighted by atomic mass is 9.80. The molecule has 0 radical (unpaired) electrons. The minimum Gasteiger partial charge on any atom is -0.353 e. The Morgan fingerprint density at radius 2 is 1.96 bits per heavy atom. The molecule has 1 aliphatic carbocycles. The minimum absolute atomic E-state index is 0.0256. The highest BCUT2D eigenvalue weighted by Gasteiger charge is 2.40. The lowest BCUT2D eigenvalue weighted by molar-refractivity contribution is -0.133. The third kappa shape index (κ3) is 3.48. The fourth-order valence-electron chi connectivity index (χ4n) is 3.90. The van der Waals surface area contributed by atoms with Gasteiger partial charge in [0.1, 0.15) is 4.88 Å². The summed E-state index contributed by atoms with van der Waals surface area (Å²) in [6.07, 6.45) is 6.30. The number of aromatic nitrogens is 1. The molecule has 24 heavy (non-hydrogen) atoms. The molecule has 1 N–H and O–H groups in total. The van der Waals surface area contributed by atoms with Gasteiger partial charge in [0, 0.05) is 19.1 Å². The SMILES string of the molecule is Cc1nc(C)c(C(=O)N2CCCC(C)(C(=O)NC3CCCC3)C2)s1. The summed E-state index contributed by atoms with van der Waals surface area (Å²) in [4.78, 5) is 32.6. The van der Waals surface area contributed by atoms with Crippen molar-refractivity contribution in [2.45, 2.75) is 65.3 Å². The summed E-state index contributed by atoms with van der Waals surface area (Å²) in [5.41, 5.74) is 0.314. The Balaban J connectivity index is 1.69. The molecule has 5 nitrogen and oxygen atoms in total. The maximum atomic E-state index is 12.9. The highest BCUT2D eigenvalue weighted by molar-refractivity contribution is 7.13. The topological polar surface area (TPSA) is 62.3 Å². The van der Waals surface area contributed by atoms with E-state index in [0.717, 1.165) is 42.9 Å². The Hall–Kier alpha value is -1.43. The summed E-state index contributed by atoms with van der Waals surface area (Å²) in [5, 5.41) is 4.13. The normalized spacial score (nSPS) is 25.0. The number of nitrogens with zero attached hydrogens (tertiary/aromatic N) is 2. The predicted octanol–water partition coefficient (Wildman–Crippen LogP) is 3.06. The number of amides is 2. The van der Waals surface area contributed by atoms with Crippen LogP contribution in [0.4, 0.5) is 0 Å². The van der Waals surface area contributed by atoms with Gasteiger partial charge in [0.2, 0.25) is 5.91 Å². The molecule has 1 aliphatic heterocycles. The zero-order chi connectivity index (χ0) is 17.3. The zero-order valence-electron chi connectivity index (χ0n) is 14.9. The molecular formula is C18H27N3O2S. The van der Waals surface area contributed by atoms with Gasteiger partial charge in [-0.1, -0.05) is 12.8 Å². The molecule has 2 amide bonds. The first-order chi connectivity index (χ1) is 11.4. The van der Waals surface area contributed by atoms with Gasteiger partial charge in [0.05, 0.1) is 16.1 Å². The Kier molecular flexibility index (Phi) is 4.95. The van der Waals surface area contributed by atoms with Crippen molar-refractivity contribution in [1.29, 1.82) is 0 Å².